The van der Waals surface area contributed by atoms with Gasteiger partial charge in [-0.1, -0.05) is 0 Å². The first-order valence-electron chi connectivity index (χ1n) is 4.50. The molecule has 0 aromatic rings. The summed E-state index contributed by atoms with van der Waals surface area (Å²) in [6, 6.07) is 0.706. The van der Waals surface area contributed by atoms with E-state index in [0.717, 1.165) is 0 Å². The molecule has 0 fully saturated rings. The number of rotatable bonds is 5. The third-order valence-corrected chi connectivity index (χ3v) is 2.45. The lowest BCUT2D eigenvalue weighted by molar-refractivity contribution is 0.115. The predicted molar refractivity (Wildman–Crippen MR) is 55.5 cm³/mol. The Morgan fingerprint density at radius 3 is 1.77 bits per heavy atom. The Morgan fingerprint density at radius 1 is 1.15 bits per heavy atom. The minimum Gasteiger partial charge on any atom is -0.294 e. The molecule has 2 atom stereocenters. The van der Waals surface area contributed by atoms with Crippen LogP contribution in [0.25, 0.3) is 0 Å². The zero-order chi connectivity index (χ0) is 10.6. The van der Waals surface area contributed by atoms with Crippen LogP contribution in [0.1, 0.15) is 34.6 Å². The van der Waals surface area contributed by atoms with Gasteiger partial charge < -0.3 is 0 Å². The van der Waals surface area contributed by atoms with E-state index in [4.69, 9.17) is 4.55 Å². The monoisotopic (exact) mass is 208 g/mol. The van der Waals surface area contributed by atoms with E-state index < -0.39 is 11.3 Å². The van der Waals surface area contributed by atoms with Crippen molar-refractivity contribution in [1.29, 1.82) is 0 Å². The molecule has 0 bridgehead atoms. The summed E-state index contributed by atoms with van der Waals surface area (Å²) in [6.45, 7) is 10.2. The van der Waals surface area contributed by atoms with Crippen molar-refractivity contribution in [1.82, 2.24) is 9.62 Å². The van der Waals surface area contributed by atoms with E-state index in [9.17, 15) is 4.21 Å². The van der Waals surface area contributed by atoms with E-state index in [0.29, 0.717) is 12.1 Å². The summed E-state index contributed by atoms with van der Waals surface area (Å²) in [5.74, 6) is 0. The van der Waals surface area contributed by atoms with Gasteiger partial charge in [0.2, 0.25) is 11.3 Å². The van der Waals surface area contributed by atoms with Crippen LogP contribution < -0.4 is 4.72 Å². The summed E-state index contributed by atoms with van der Waals surface area (Å²) in [4.78, 5) is 2.13. The van der Waals surface area contributed by atoms with E-state index in [2.05, 4.69) is 37.3 Å². The summed E-state index contributed by atoms with van der Waals surface area (Å²) in [7, 11) is 0. The Bertz CT molecular complexity index is 166. The van der Waals surface area contributed by atoms with Gasteiger partial charge in [-0.05, 0) is 34.6 Å². The highest BCUT2D eigenvalue weighted by Crippen LogP contribution is 2.08. The molecule has 4 nitrogen and oxygen atoms in total. The fourth-order valence-electron chi connectivity index (χ4n) is 1.70. The minimum atomic E-state index is -1.94. The van der Waals surface area contributed by atoms with Crippen molar-refractivity contribution in [2.75, 3.05) is 0 Å². The molecular weight excluding hydrogens is 188 g/mol. The van der Waals surface area contributed by atoms with Crippen LogP contribution in [-0.2, 0) is 11.3 Å². The van der Waals surface area contributed by atoms with Gasteiger partial charge in [-0.25, -0.2) is 4.21 Å². The summed E-state index contributed by atoms with van der Waals surface area (Å²) in [5, 5.41) is 0. The molecule has 0 radical (unpaired) electrons. The van der Waals surface area contributed by atoms with Crippen molar-refractivity contribution in [3.8, 4) is 0 Å². The first kappa shape index (κ1) is 13.0. The van der Waals surface area contributed by atoms with E-state index in [-0.39, 0.29) is 6.17 Å². The van der Waals surface area contributed by atoms with Crippen LogP contribution in [-0.4, -0.2) is 31.9 Å². The average molecular weight is 208 g/mol. The lowest BCUT2D eigenvalue weighted by Gasteiger charge is -2.35. The Kier molecular flexibility index (Phi) is 5.71. The standard InChI is InChI=1S/C8H20N2O2S/c1-6(2)10(7(3)4)8(5)9-13(11)12/h6-9H,1-5H3,(H,11,12). The maximum Gasteiger partial charge on any atom is 0.233 e. The Hall–Kier alpha value is 0.0300. The molecule has 0 saturated carbocycles. The fraction of sp³-hybridized carbons (Fsp3) is 1.00. The second-order valence-electron chi connectivity index (χ2n) is 3.68. The summed E-state index contributed by atoms with van der Waals surface area (Å²) >= 11 is -1.94. The average Bonchev–Trinajstić information content (AvgIpc) is 1.81. The Labute approximate surface area is 83.1 Å². The minimum absolute atomic E-state index is 0.0918. The van der Waals surface area contributed by atoms with Crippen LogP contribution in [0, 0.1) is 0 Å². The van der Waals surface area contributed by atoms with Crippen molar-refractivity contribution in [3.05, 3.63) is 0 Å². The molecule has 0 heterocycles. The molecule has 0 rings (SSSR count). The first-order chi connectivity index (χ1) is 5.86. The molecule has 0 aliphatic rings. The fourth-order valence-corrected chi connectivity index (χ4v) is 2.11. The number of nitrogens with zero attached hydrogens (tertiary/aromatic N) is 1. The molecule has 0 saturated heterocycles. The highest BCUT2D eigenvalue weighted by molar-refractivity contribution is 7.77. The zero-order valence-corrected chi connectivity index (χ0v) is 9.76. The van der Waals surface area contributed by atoms with E-state index >= 15 is 0 Å². The third-order valence-electron chi connectivity index (χ3n) is 1.91. The van der Waals surface area contributed by atoms with Crippen LogP contribution in [0.2, 0.25) is 0 Å². The van der Waals surface area contributed by atoms with Crippen LogP contribution in [0.15, 0.2) is 0 Å². The predicted octanol–water partition coefficient (Wildman–Crippen LogP) is 1.18. The van der Waals surface area contributed by atoms with Crippen molar-refractivity contribution in [2.45, 2.75) is 52.9 Å². The van der Waals surface area contributed by atoms with Crippen LogP contribution >= 0.6 is 0 Å². The third kappa shape index (κ3) is 4.71. The smallest absolute Gasteiger partial charge is 0.233 e. The molecule has 2 unspecified atom stereocenters. The molecule has 5 heteroatoms. The van der Waals surface area contributed by atoms with Crippen molar-refractivity contribution in [3.63, 3.8) is 0 Å². The van der Waals surface area contributed by atoms with Gasteiger partial charge in [0.15, 0.2) is 0 Å². The second-order valence-corrected chi connectivity index (χ2v) is 4.41. The van der Waals surface area contributed by atoms with Gasteiger partial charge in [0.25, 0.3) is 0 Å². The molecule has 80 valence electrons. The zero-order valence-electron chi connectivity index (χ0n) is 8.94. The number of hydrogen-bond acceptors (Lipinski definition) is 2. The van der Waals surface area contributed by atoms with Crippen molar-refractivity contribution in [2.24, 2.45) is 0 Å². The lowest BCUT2D eigenvalue weighted by atomic mass is 10.2. The molecule has 0 aliphatic heterocycles. The van der Waals surface area contributed by atoms with Gasteiger partial charge in [0, 0.05) is 12.1 Å². The molecule has 0 spiro atoms. The van der Waals surface area contributed by atoms with Gasteiger partial charge in [0.05, 0.1) is 6.17 Å². The highest BCUT2D eigenvalue weighted by atomic mass is 32.2. The van der Waals surface area contributed by atoms with Crippen LogP contribution in [0.4, 0.5) is 0 Å². The molecular formula is C8H20N2O2S. The van der Waals surface area contributed by atoms with Gasteiger partial charge >= 0.3 is 0 Å². The number of hydrogen-bond donors (Lipinski definition) is 2. The largest absolute Gasteiger partial charge is 0.294 e. The maximum absolute atomic E-state index is 10.5. The van der Waals surface area contributed by atoms with E-state index in [1.807, 2.05) is 6.92 Å². The van der Waals surface area contributed by atoms with E-state index in [1.54, 1.807) is 0 Å². The molecule has 0 aromatic heterocycles. The van der Waals surface area contributed by atoms with Gasteiger partial charge in [-0.15, -0.1) is 0 Å². The molecule has 13 heavy (non-hydrogen) atoms. The highest BCUT2D eigenvalue weighted by Gasteiger charge is 2.20. The van der Waals surface area contributed by atoms with Gasteiger partial charge in [-0.2, -0.15) is 4.72 Å². The maximum atomic E-state index is 10.5. The van der Waals surface area contributed by atoms with Crippen LogP contribution in [0.3, 0.4) is 0 Å². The molecule has 0 aromatic carbocycles. The quantitative estimate of drug-likeness (QED) is 0.527. The molecule has 0 aliphatic carbocycles. The first-order valence-corrected chi connectivity index (χ1v) is 5.61. The summed E-state index contributed by atoms with van der Waals surface area (Å²) in [5.41, 5.74) is 0. The second kappa shape index (κ2) is 5.70. The molecule has 2 N–H and O–H groups in total. The Balaban J connectivity index is 4.28. The van der Waals surface area contributed by atoms with Crippen LogP contribution in [0.5, 0.6) is 0 Å². The van der Waals surface area contributed by atoms with Gasteiger partial charge in [-0.3, -0.25) is 9.45 Å². The van der Waals surface area contributed by atoms with Crippen molar-refractivity contribution >= 4 is 11.3 Å². The van der Waals surface area contributed by atoms with E-state index in [1.165, 1.54) is 0 Å². The summed E-state index contributed by atoms with van der Waals surface area (Å²) < 4.78 is 21.8. The molecule has 0 amide bonds. The topological polar surface area (TPSA) is 52.6 Å². The SMILES string of the molecule is CC(C)N(C(C)C)C(C)NS(=O)O. The summed E-state index contributed by atoms with van der Waals surface area (Å²) in [6.07, 6.45) is -0.0918. The van der Waals surface area contributed by atoms with Crippen molar-refractivity contribution < 1.29 is 8.76 Å². The number of nitrogens with one attached hydrogen (secondary N) is 1. The Morgan fingerprint density at radius 2 is 1.54 bits per heavy atom. The lowest BCUT2D eigenvalue weighted by Crippen LogP contribution is -2.50. The normalized spacial score (nSPS) is 17.0. The van der Waals surface area contributed by atoms with Gasteiger partial charge in [0.1, 0.15) is 0 Å².